The summed E-state index contributed by atoms with van der Waals surface area (Å²) in [5, 5.41) is 3.62. The number of aryl methyl sites for hydroxylation is 2. The molecule has 1 atom stereocenters. The number of benzene rings is 1. The summed E-state index contributed by atoms with van der Waals surface area (Å²) in [7, 11) is 2.05. The first-order valence-electron chi connectivity index (χ1n) is 7.54. The summed E-state index contributed by atoms with van der Waals surface area (Å²) in [4.78, 5) is 4.25. The van der Waals surface area contributed by atoms with E-state index in [0.29, 0.717) is 0 Å². The van der Waals surface area contributed by atoms with E-state index in [0.717, 1.165) is 19.4 Å². The van der Waals surface area contributed by atoms with E-state index >= 15 is 0 Å². The molecule has 1 heterocycles. The van der Waals surface area contributed by atoms with Gasteiger partial charge in [-0.2, -0.15) is 0 Å². The molecule has 0 aliphatic rings. The van der Waals surface area contributed by atoms with Crippen molar-refractivity contribution in [3.63, 3.8) is 0 Å². The standard InChI is InChI=1S/C17H25N3/c1-4-6-14-7-9-15(10-8-14)17(19-11-5-2)16-12-18-13-20(16)3/h7-10,12-13,17,19H,4-6,11H2,1-3H3. The molecule has 0 aliphatic carbocycles. The fraction of sp³-hybridized carbons (Fsp3) is 0.471. The van der Waals surface area contributed by atoms with Crippen molar-refractivity contribution in [1.82, 2.24) is 14.9 Å². The van der Waals surface area contributed by atoms with Gasteiger partial charge in [0.15, 0.2) is 0 Å². The average Bonchev–Trinajstić information content (AvgIpc) is 2.88. The Balaban J connectivity index is 2.24. The van der Waals surface area contributed by atoms with Crippen LogP contribution in [0.2, 0.25) is 0 Å². The van der Waals surface area contributed by atoms with Gasteiger partial charge in [-0.05, 0) is 30.5 Å². The molecule has 0 aliphatic heterocycles. The van der Waals surface area contributed by atoms with Gasteiger partial charge in [0.05, 0.1) is 24.3 Å². The minimum Gasteiger partial charge on any atom is -0.336 e. The van der Waals surface area contributed by atoms with E-state index in [1.807, 2.05) is 12.5 Å². The number of imidazole rings is 1. The molecule has 108 valence electrons. The highest BCUT2D eigenvalue weighted by Crippen LogP contribution is 2.22. The van der Waals surface area contributed by atoms with E-state index in [2.05, 4.69) is 60.0 Å². The third-order valence-electron chi connectivity index (χ3n) is 3.60. The van der Waals surface area contributed by atoms with Crippen molar-refractivity contribution in [2.24, 2.45) is 7.05 Å². The van der Waals surface area contributed by atoms with Gasteiger partial charge in [0.1, 0.15) is 0 Å². The number of hydrogen-bond donors (Lipinski definition) is 1. The topological polar surface area (TPSA) is 29.9 Å². The molecule has 1 aromatic carbocycles. The highest BCUT2D eigenvalue weighted by Gasteiger charge is 2.16. The number of nitrogens with zero attached hydrogens (tertiary/aromatic N) is 2. The van der Waals surface area contributed by atoms with Gasteiger partial charge in [-0.3, -0.25) is 0 Å². The molecule has 0 fully saturated rings. The maximum absolute atomic E-state index is 4.25. The van der Waals surface area contributed by atoms with Gasteiger partial charge in [0, 0.05) is 7.05 Å². The van der Waals surface area contributed by atoms with E-state index < -0.39 is 0 Å². The average molecular weight is 271 g/mol. The lowest BCUT2D eigenvalue weighted by Gasteiger charge is -2.20. The summed E-state index contributed by atoms with van der Waals surface area (Å²) < 4.78 is 2.09. The number of nitrogens with one attached hydrogen (secondary N) is 1. The van der Waals surface area contributed by atoms with Gasteiger partial charge < -0.3 is 9.88 Å². The Kier molecular flexibility index (Phi) is 5.36. The van der Waals surface area contributed by atoms with Crippen LogP contribution in [0.3, 0.4) is 0 Å². The quantitative estimate of drug-likeness (QED) is 0.835. The lowest BCUT2D eigenvalue weighted by atomic mass is 10.0. The van der Waals surface area contributed by atoms with Crippen LogP contribution >= 0.6 is 0 Å². The second kappa shape index (κ2) is 7.25. The van der Waals surface area contributed by atoms with Gasteiger partial charge in [-0.25, -0.2) is 4.98 Å². The zero-order chi connectivity index (χ0) is 14.4. The zero-order valence-corrected chi connectivity index (χ0v) is 12.8. The van der Waals surface area contributed by atoms with Crippen LogP contribution in [0.1, 0.15) is 49.6 Å². The lowest BCUT2D eigenvalue weighted by Crippen LogP contribution is -2.25. The summed E-state index contributed by atoms with van der Waals surface area (Å²) in [6.45, 7) is 5.42. The van der Waals surface area contributed by atoms with Crippen LogP contribution in [-0.4, -0.2) is 16.1 Å². The van der Waals surface area contributed by atoms with Gasteiger partial charge in [0.25, 0.3) is 0 Å². The van der Waals surface area contributed by atoms with Crippen LogP contribution in [0.25, 0.3) is 0 Å². The molecule has 0 bridgehead atoms. The van der Waals surface area contributed by atoms with Gasteiger partial charge in [0.2, 0.25) is 0 Å². The van der Waals surface area contributed by atoms with Crippen molar-refractivity contribution in [3.05, 3.63) is 53.6 Å². The molecule has 0 saturated heterocycles. The second-order valence-electron chi connectivity index (χ2n) is 5.31. The molecule has 2 aromatic rings. The Hall–Kier alpha value is -1.61. The highest BCUT2D eigenvalue weighted by atomic mass is 15.1. The number of aromatic nitrogens is 2. The van der Waals surface area contributed by atoms with Gasteiger partial charge in [-0.15, -0.1) is 0 Å². The van der Waals surface area contributed by atoms with Crippen LogP contribution < -0.4 is 5.32 Å². The highest BCUT2D eigenvalue weighted by molar-refractivity contribution is 5.30. The minimum atomic E-state index is 0.220. The van der Waals surface area contributed by atoms with Crippen LogP contribution in [0.5, 0.6) is 0 Å². The smallest absolute Gasteiger partial charge is 0.0946 e. The lowest BCUT2D eigenvalue weighted by molar-refractivity contribution is 0.569. The zero-order valence-electron chi connectivity index (χ0n) is 12.8. The predicted molar refractivity (Wildman–Crippen MR) is 83.8 cm³/mol. The van der Waals surface area contributed by atoms with E-state index in [1.165, 1.54) is 23.2 Å². The molecule has 1 aromatic heterocycles. The van der Waals surface area contributed by atoms with Crippen molar-refractivity contribution in [1.29, 1.82) is 0 Å². The first kappa shape index (κ1) is 14.8. The Morgan fingerprint density at radius 3 is 2.45 bits per heavy atom. The molecule has 1 N–H and O–H groups in total. The molecule has 0 spiro atoms. The monoisotopic (exact) mass is 271 g/mol. The van der Waals surface area contributed by atoms with E-state index in [-0.39, 0.29) is 6.04 Å². The van der Waals surface area contributed by atoms with Crippen LogP contribution in [-0.2, 0) is 13.5 Å². The van der Waals surface area contributed by atoms with Gasteiger partial charge >= 0.3 is 0 Å². The molecule has 1 unspecified atom stereocenters. The Morgan fingerprint density at radius 1 is 1.15 bits per heavy atom. The minimum absolute atomic E-state index is 0.220. The maximum atomic E-state index is 4.25. The molecule has 0 saturated carbocycles. The van der Waals surface area contributed by atoms with E-state index in [9.17, 15) is 0 Å². The second-order valence-corrected chi connectivity index (χ2v) is 5.31. The molecule has 0 amide bonds. The van der Waals surface area contributed by atoms with Crippen molar-refractivity contribution in [2.75, 3.05) is 6.54 Å². The Labute approximate surface area is 122 Å². The summed E-state index contributed by atoms with van der Waals surface area (Å²) in [5.74, 6) is 0. The fourth-order valence-corrected chi connectivity index (χ4v) is 2.49. The summed E-state index contributed by atoms with van der Waals surface area (Å²) in [5.41, 5.74) is 3.93. The summed E-state index contributed by atoms with van der Waals surface area (Å²) in [6, 6.07) is 9.19. The third-order valence-corrected chi connectivity index (χ3v) is 3.60. The summed E-state index contributed by atoms with van der Waals surface area (Å²) >= 11 is 0. The molecule has 3 nitrogen and oxygen atoms in total. The maximum Gasteiger partial charge on any atom is 0.0946 e. The van der Waals surface area contributed by atoms with Crippen LogP contribution in [0.4, 0.5) is 0 Å². The summed E-state index contributed by atoms with van der Waals surface area (Å²) in [6.07, 6.45) is 7.29. The molecule has 3 heteroatoms. The van der Waals surface area contributed by atoms with Crippen molar-refractivity contribution < 1.29 is 0 Å². The molecule has 0 radical (unpaired) electrons. The number of hydrogen-bond acceptors (Lipinski definition) is 2. The first-order chi connectivity index (χ1) is 9.76. The third kappa shape index (κ3) is 3.48. The first-order valence-corrected chi connectivity index (χ1v) is 7.54. The van der Waals surface area contributed by atoms with Crippen LogP contribution in [0, 0.1) is 0 Å². The fourth-order valence-electron chi connectivity index (χ4n) is 2.49. The van der Waals surface area contributed by atoms with Crippen LogP contribution in [0.15, 0.2) is 36.8 Å². The molecular formula is C17H25N3. The van der Waals surface area contributed by atoms with E-state index in [1.54, 1.807) is 0 Å². The normalized spacial score (nSPS) is 12.6. The Morgan fingerprint density at radius 2 is 1.90 bits per heavy atom. The van der Waals surface area contributed by atoms with E-state index in [4.69, 9.17) is 0 Å². The Bertz CT molecular complexity index is 513. The molecular weight excluding hydrogens is 246 g/mol. The van der Waals surface area contributed by atoms with Crippen molar-refractivity contribution in [2.45, 2.75) is 39.2 Å². The van der Waals surface area contributed by atoms with Gasteiger partial charge in [-0.1, -0.05) is 44.5 Å². The largest absolute Gasteiger partial charge is 0.336 e. The van der Waals surface area contributed by atoms with Crippen molar-refractivity contribution in [3.8, 4) is 0 Å². The SMILES string of the molecule is CCCNC(c1ccc(CCC)cc1)c1cncn1C. The predicted octanol–water partition coefficient (Wildman–Crippen LogP) is 3.46. The molecule has 20 heavy (non-hydrogen) atoms. The molecule has 2 rings (SSSR count). The number of rotatable bonds is 7. The van der Waals surface area contributed by atoms with Crippen molar-refractivity contribution >= 4 is 0 Å².